The number of carbonyl (C=O) groups excluding carboxylic acids is 1. The second kappa shape index (κ2) is 7.72. The van der Waals surface area contributed by atoms with E-state index in [1.807, 2.05) is 0 Å². The number of anilines is 1. The van der Waals surface area contributed by atoms with Gasteiger partial charge in [0.1, 0.15) is 5.82 Å². The Kier molecular flexibility index (Phi) is 5.68. The molecule has 0 saturated heterocycles. The molecule has 5 nitrogen and oxygen atoms in total. The third kappa shape index (κ3) is 4.68. The van der Waals surface area contributed by atoms with Gasteiger partial charge < -0.3 is 5.32 Å². The minimum atomic E-state index is -0.373. The number of hydrogen-bond donors (Lipinski definition) is 2. The van der Waals surface area contributed by atoms with Gasteiger partial charge in [0.25, 0.3) is 5.91 Å². The van der Waals surface area contributed by atoms with Crippen LogP contribution in [0.5, 0.6) is 0 Å². The number of hydrazone groups is 1. The fourth-order valence-electron chi connectivity index (χ4n) is 1.50. The minimum Gasteiger partial charge on any atom is -0.376 e. The first-order valence-corrected chi connectivity index (χ1v) is 6.92. The Morgan fingerprint density at radius 1 is 1.23 bits per heavy atom. The van der Waals surface area contributed by atoms with Gasteiger partial charge >= 0.3 is 0 Å². The molecule has 2 aromatic rings. The molecule has 22 heavy (non-hydrogen) atoms. The number of pyridine rings is 1. The average Bonchev–Trinajstić information content (AvgIpc) is 2.50. The van der Waals surface area contributed by atoms with E-state index >= 15 is 0 Å². The summed E-state index contributed by atoms with van der Waals surface area (Å²) in [5, 5.41) is 7.25. The van der Waals surface area contributed by atoms with Crippen molar-refractivity contribution in [2.75, 3.05) is 11.9 Å². The molecule has 0 bridgehead atoms. The van der Waals surface area contributed by atoms with Crippen molar-refractivity contribution in [2.24, 2.45) is 5.10 Å². The fraction of sp³-hybridized carbons (Fsp3) is 0.0714. The van der Waals surface area contributed by atoms with E-state index in [1.165, 1.54) is 42.9 Å². The summed E-state index contributed by atoms with van der Waals surface area (Å²) in [4.78, 5) is 15.4. The molecular formula is C14H11Cl2FN4O. The third-order valence-electron chi connectivity index (χ3n) is 2.57. The minimum absolute atomic E-state index is 0.0131. The van der Waals surface area contributed by atoms with Crippen LogP contribution in [0.1, 0.15) is 5.56 Å². The maximum Gasteiger partial charge on any atom is 0.259 e. The lowest BCUT2D eigenvalue weighted by Crippen LogP contribution is -2.25. The highest BCUT2D eigenvalue weighted by Gasteiger charge is 2.04. The van der Waals surface area contributed by atoms with Gasteiger partial charge in [0.15, 0.2) is 0 Å². The molecule has 0 saturated carbocycles. The van der Waals surface area contributed by atoms with Gasteiger partial charge in [0.05, 0.1) is 22.8 Å². The molecule has 2 N–H and O–H groups in total. The molecule has 0 aliphatic heterocycles. The van der Waals surface area contributed by atoms with Gasteiger partial charge in [-0.05, 0) is 24.3 Å². The number of halogens is 3. The zero-order valence-electron chi connectivity index (χ0n) is 11.2. The Hall–Kier alpha value is -2.18. The molecule has 0 unspecified atom stereocenters. The van der Waals surface area contributed by atoms with Crippen LogP contribution in [0.4, 0.5) is 10.1 Å². The standard InChI is InChI=1S/C14H11Cl2FN4O/c15-12-6-18-7-13(16)11(12)5-20-21-14(22)8-19-10-3-1-9(17)2-4-10/h1-7,19H,8H2,(H,21,22). The molecule has 0 atom stereocenters. The highest BCUT2D eigenvalue weighted by Crippen LogP contribution is 2.20. The molecule has 114 valence electrons. The van der Waals surface area contributed by atoms with Crippen molar-refractivity contribution < 1.29 is 9.18 Å². The molecule has 0 aliphatic carbocycles. The van der Waals surface area contributed by atoms with Gasteiger partial charge in [-0.15, -0.1) is 0 Å². The van der Waals surface area contributed by atoms with Crippen molar-refractivity contribution in [1.29, 1.82) is 0 Å². The number of rotatable bonds is 5. The smallest absolute Gasteiger partial charge is 0.259 e. The van der Waals surface area contributed by atoms with Crippen molar-refractivity contribution in [1.82, 2.24) is 10.4 Å². The van der Waals surface area contributed by atoms with Crippen LogP contribution in [-0.4, -0.2) is 23.7 Å². The van der Waals surface area contributed by atoms with Crippen molar-refractivity contribution in [3.05, 3.63) is 58.1 Å². The van der Waals surface area contributed by atoms with Crippen molar-refractivity contribution >= 4 is 41.0 Å². The number of nitrogens with one attached hydrogen (secondary N) is 2. The van der Waals surface area contributed by atoms with Gasteiger partial charge in [-0.1, -0.05) is 23.2 Å². The zero-order valence-corrected chi connectivity index (χ0v) is 12.7. The lowest BCUT2D eigenvalue weighted by Gasteiger charge is -2.05. The average molecular weight is 341 g/mol. The van der Waals surface area contributed by atoms with Crippen LogP contribution >= 0.6 is 23.2 Å². The van der Waals surface area contributed by atoms with Crippen LogP contribution in [0.3, 0.4) is 0 Å². The molecule has 0 spiro atoms. The number of carbonyl (C=O) groups is 1. The number of benzene rings is 1. The number of nitrogens with zero attached hydrogens (tertiary/aromatic N) is 2. The summed E-state index contributed by atoms with van der Waals surface area (Å²) >= 11 is 11.8. The molecule has 1 heterocycles. The second-order valence-corrected chi connectivity index (χ2v) is 4.98. The van der Waals surface area contributed by atoms with Gasteiger partial charge in [-0.25, -0.2) is 9.82 Å². The van der Waals surface area contributed by atoms with Crippen LogP contribution in [0.25, 0.3) is 0 Å². The van der Waals surface area contributed by atoms with Crippen LogP contribution in [0.15, 0.2) is 41.8 Å². The van der Waals surface area contributed by atoms with E-state index < -0.39 is 0 Å². The Labute approximate surface area is 136 Å². The number of hydrogen-bond acceptors (Lipinski definition) is 4. The van der Waals surface area contributed by atoms with Crippen LogP contribution in [0.2, 0.25) is 10.0 Å². The van der Waals surface area contributed by atoms with Crippen LogP contribution < -0.4 is 10.7 Å². The quantitative estimate of drug-likeness (QED) is 0.649. The first-order valence-electron chi connectivity index (χ1n) is 6.16. The summed E-state index contributed by atoms with van der Waals surface area (Å²) in [7, 11) is 0. The van der Waals surface area contributed by atoms with Gasteiger partial charge in [-0.3, -0.25) is 9.78 Å². The Morgan fingerprint density at radius 3 is 2.50 bits per heavy atom. The maximum absolute atomic E-state index is 12.7. The SMILES string of the molecule is O=C(CNc1ccc(F)cc1)NN=Cc1c(Cl)cncc1Cl. The molecule has 0 fully saturated rings. The second-order valence-electron chi connectivity index (χ2n) is 4.17. The van der Waals surface area contributed by atoms with Crippen LogP contribution in [0, 0.1) is 5.82 Å². The summed E-state index contributed by atoms with van der Waals surface area (Å²) in [6.07, 6.45) is 4.18. The van der Waals surface area contributed by atoms with E-state index in [0.29, 0.717) is 21.3 Å². The first-order chi connectivity index (χ1) is 10.6. The summed E-state index contributed by atoms with van der Waals surface area (Å²) in [5.41, 5.74) is 3.41. The van der Waals surface area contributed by atoms with Crippen molar-refractivity contribution in [2.45, 2.75) is 0 Å². The van der Waals surface area contributed by atoms with Gasteiger partial charge in [0.2, 0.25) is 0 Å². The van der Waals surface area contributed by atoms with Crippen molar-refractivity contribution in [3.63, 3.8) is 0 Å². The molecule has 0 radical (unpaired) electrons. The topological polar surface area (TPSA) is 66.4 Å². The lowest BCUT2D eigenvalue weighted by atomic mass is 10.3. The molecular weight excluding hydrogens is 330 g/mol. The van der Waals surface area contributed by atoms with E-state index in [2.05, 4.69) is 20.8 Å². The summed E-state index contributed by atoms with van der Waals surface area (Å²) in [6.45, 7) is -0.0131. The highest BCUT2D eigenvalue weighted by atomic mass is 35.5. The molecule has 2 rings (SSSR count). The maximum atomic E-state index is 12.7. The Bertz CT molecular complexity index is 671. The van der Waals surface area contributed by atoms with Crippen molar-refractivity contribution in [3.8, 4) is 0 Å². The predicted octanol–water partition coefficient (Wildman–Crippen LogP) is 3.09. The Balaban J connectivity index is 1.85. The number of aromatic nitrogens is 1. The summed E-state index contributed by atoms with van der Waals surface area (Å²) in [5.74, 6) is -0.715. The molecule has 0 aliphatic rings. The monoisotopic (exact) mass is 340 g/mol. The summed E-state index contributed by atoms with van der Waals surface area (Å²) < 4.78 is 12.7. The Morgan fingerprint density at radius 2 is 1.86 bits per heavy atom. The zero-order chi connectivity index (χ0) is 15.9. The largest absolute Gasteiger partial charge is 0.376 e. The van der Waals surface area contributed by atoms with Gasteiger partial charge in [0, 0.05) is 23.6 Å². The molecule has 1 aromatic heterocycles. The van der Waals surface area contributed by atoms with E-state index in [4.69, 9.17) is 23.2 Å². The fourth-order valence-corrected chi connectivity index (χ4v) is 1.97. The number of amides is 1. The van der Waals surface area contributed by atoms with E-state index in [1.54, 1.807) is 0 Å². The summed E-state index contributed by atoms with van der Waals surface area (Å²) in [6, 6.07) is 5.66. The molecule has 1 amide bonds. The lowest BCUT2D eigenvalue weighted by molar-refractivity contribution is -0.119. The normalized spacial score (nSPS) is 10.7. The van der Waals surface area contributed by atoms with E-state index in [9.17, 15) is 9.18 Å². The molecule has 1 aromatic carbocycles. The van der Waals surface area contributed by atoms with Gasteiger partial charge in [-0.2, -0.15) is 5.10 Å². The van der Waals surface area contributed by atoms with Crippen LogP contribution in [-0.2, 0) is 4.79 Å². The molecule has 8 heteroatoms. The predicted molar refractivity (Wildman–Crippen MR) is 84.9 cm³/mol. The van der Waals surface area contributed by atoms with E-state index in [-0.39, 0.29) is 18.3 Å². The highest BCUT2D eigenvalue weighted by molar-refractivity contribution is 6.38. The first kappa shape index (κ1) is 16.2. The van der Waals surface area contributed by atoms with E-state index in [0.717, 1.165) is 0 Å². The third-order valence-corrected chi connectivity index (χ3v) is 3.17.